The van der Waals surface area contributed by atoms with Crippen LogP contribution in [-0.2, 0) is 6.54 Å². The Morgan fingerprint density at radius 2 is 1.61 bits per heavy atom. The SMILES string of the molecule is COc1cc(OC)c(OC)cc1/C=C1\Oc2c(CN3CCCCCC3)c(O)cc(C)c2C1=O. The third-order valence-corrected chi connectivity index (χ3v) is 6.32. The topological polar surface area (TPSA) is 77.5 Å². The van der Waals surface area contributed by atoms with Crippen LogP contribution >= 0.6 is 0 Å². The Hall–Kier alpha value is -3.19. The maximum atomic E-state index is 13.3. The molecule has 0 unspecified atom stereocenters. The normalized spacial score (nSPS) is 17.5. The van der Waals surface area contributed by atoms with Gasteiger partial charge in [0, 0.05) is 18.2 Å². The lowest BCUT2D eigenvalue weighted by molar-refractivity contribution is 0.101. The van der Waals surface area contributed by atoms with Gasteiger partial charge >= 0.3 is 0 Å². The van der Waals surface area contributed by atoms with Crippen LogP contribution in [0.15, 0.2) is 24.0 Å². The summed E-state index contributed by atoms with van der Waals surface area (Å²) in [7, 11) is 4.66. The number of carbonyl (C=O) groups excluding carboxylic acids is 1. The first kappa shape index (κ1) is 23.0. The first-order valence-electron chi connectivity index (χ1n) is 11.3. The highest BCUT2D eigenvalue weighted by Gasteiger charge is 2.34. The minimum atomic E-state index is -0.212. The van der Waals surface area contributed by atoms with Crippen LogP contribution in [0.25, 0.3) is 6.08 Å². The molecule has 1 N–H and O–H groups in total. The first-order valence-corrected chi connectivity index (χ1v) is 11.3. The standard InChI is InChI=1S/C26H31NO6/c1-16-11-19(28)18(15-27-9-7-5-6-8-10-27)26-24(16)25(29)23(33-26)13-17-12-21(31-3)22(32-4)14-20(17)30-2/h11-14,28H,5-10,15H2,1-4H3/b23-13-. The fourth-order valence-corrected chi connectivity index (χ4v) is 4.56. The van der Waals surface area contributed by atoms with Gasteiger partial charge < -0.3 is 24.1 Å². The van der Waals surface area contributed by atoms with E-state index in [9.17, 15) is 9.90 Å². The molecular formula is C26H31NO6. The van der Waals surface area contributed by atoms with Crippen LogP contribution in [0.3, 0.4) is 0 Å². The molecule has 7 nitrogen and oxygen atoms in total. The summed E-state index contributed by atoms with van der Waals surface area (Å²) in [6.07, 6.45) is 6.38. The highest BCUT2D eigenvalue weighted by molar-refractivity contribution is 6.16. The Morgan fingerprint density at radius 1 is 0.970 bits per heavy atom. The van der Waals surface area contributed by atoms with Gasteiger partial charge in [0.25, 0.3) is 0 Å². The number of likely N-dealkylation sites (tertiary alicyclic amines) is 1. The number of hydrogen-bond donors (Lipinski definition) is 1. The molecule has 4 rings (SSSR count). The number of carbonyl (C=O) groups is 1. The molecule has 2 aliphatic heterocycles. The summed E-state index contributed by atoms with van der Waals surface area (Å²) in [5, 5.41) is 10.7. The van der Waals surface area contributed by atoms with Gasteiger partial charge in [-0.25, -0.2) is 0 Å². The van der Waals surface area contributed by atoms with Crippen LogP contribution < -0.4 is 18.9 Å². The molecule has 0 aromatic heterocycles. The molecule has 0 amide bonds. The summed E-state index contributed by atoms with van der Waals surface area (Å²) >= 11 is 0. The summed E-state index contributed by atoms with van der Waals surface area (Å²) in [4.78, 5) is 15.6. The molecule has 2 aliphatic rings. The van der Waals surface area contributed by atoms with Crippen molar-refractivity contribution in [2.75, 3.05) is 34.4 Å². The second-order valence-electron chi connectivity index (χ2n) is 8.47. The van der Waals surface area contributed by atoms with Gasteiger partial charge in [-0.3, -0.25) is 9.69 Å². The fraction of sp³-hybridized carbons (Fsp3) is 0.423. The number of phenolic OH excluding ortho intramolecular Hbond substituents is 1. The van der Waals surface area contributed by atoms with E-state index >= 15 is 0 Å². The van der Waals surface area contributed by atoms with Crippen molar-refractivity contribution in [1.82, 2.24) is 4.90 Å². The number of benzene rings is 2. The Morgan fingerprint density at radius 3 is 2.24 bits per heavy atom. The molecule has 0 atom stereocenters. The first-order chi connectivity index (χ1) is 16.0. The van der Waals surface area contributed by atoms with E-state index in [0.717, 1.165) is 25.9 Å². The van der Waals surface area contributed by atoms with Gasteiger partial charge in [0.15, 0.2) is 17.3 Å². The fourth-order valence-electron chi connectivity index (χ4n) is 4.56. The van der Waals surface area contributed by atoms with Crippen LogP contribution in [0.2, 0.25) is 0 Å². The molecule has 2 aromatic carbocycles. The van der Waals surface area contributed by atoms with Gasteiger partial charge in [0.2, 0.25) is 5.78 Å². The summed E-state index contributed by atoms with van der Waals surface area (Å²) in [6.45, 7) is 4.31. The summed E-state index contributed by atoms with van der Waals surface area (Å²) in [6, 6.07) is 5.11. The van der Waals surface area contributed by atoms with E-state index in [1.807, 2.05) is 6.92 Å². The highest BCUT2D eigenvalue weighted by atomic mass is 16.5. The smallest absolute Gasteiger partial charge is 0.232 e. The van der Waals surface area contributed by atoms with Crippen molar-refractivity contribution in [3.05, 3.63) is 46.2 Å². The molecule has 2 aromatic rings. The van der Waals surface area contributed by atoms with Crippen LogP contribution in [0.4, 0.5) is 0 Å². The van der Waals surface area contributed by atoms with Gasteiger partial charge in [-0.05, 0) is 56.6 Å². The van der Waals surface area contributed by atoms with E-state index in [0.29, 0.717) is 51.8 Å². The van der Waals surface area contributed by atoms with Crippen molar-refractivity contribution in [1.29, 1.82) is 0 Å². The zero-order valence-corrected chi connectivity index (χ0v) is 19.7. The molecule has 0 aliphatic carbocycles. The number of ether oxygens (including phenoxy) is 4. The third kappa shape index (κ3) is 4.50. The number of ketones is 1. The van der Waals surface area contributed by atoms with Crippen molar-refractivity contribution < 1.29 is 28.8 Å². The number of aromatic hydroxyl groups is 1. The number of fused-ring (bicyclic) bond motifs is 1. The number of rotatable bonds is 6. The average molecular weight is 454 g/mol. The maximum absolute atomic E-state index is 13.3. The second kappa shape index (κ2) is 9.75. The molecule has 0 spiro atoms. The van der Waals surface area contributed by atoms with Gasteiger partial charge in [0.1, 0.15) is 17.2 Å². The molecule has 176 valence electrons. The number of hydrogen-bond acceptors (Lipinski definition) is 7. The van der Waals surface area contributed by atoms with E-state index in [4.69, 9.17) is 18.9 Å². The summed E-state index contributed by atoms with van der Waals surface area (Å²) in [5.74, 6) is 2.15. The van der Waals surface area contributed by atoms with Crippen LogP contribution in [0, 0.1) is 6.92 Å². The molecular weight excluding hydrogens is 422 g/mol. The molecule has 33 heavy (non-hydrogen) atoms. The molecule has 2 heterocycles. The van der Waals surface area contributed by atoms with Crippen molar-refractivity contribution >= 4 is 11.9 Å². The number of aryl methyl sites for hydroxylation is 1. The van der Waals surface area contributed by atoms with Gasteiger partial charge in [-0.15, -0.1) is 0 Å². The van der Waals surface area contributed by atoms with Crippen molar-refractivity contribution in [2.24, 2.45) is 0 Å². The largest absolute Gasteiger partial charge is 0.507 e. The minimum Gasteiger partial charge on any atom is -0.507 e. The Kier molecular flexibility index (Phi) is 6.79. The van der Waals surface area contributed by atoms with E-state index in [2.05, 4.69) is 4.90 Å². The Bertz CT molecular complexity index is 1080. The number of Topliss-reactive ketones (excluding diaryl/α,β-unsaturated/α-hetero) is 1. The van der Waals surface area contributed by atoms with E-state index in [1.54, 1.807) is 45.6 Å². The number of allylic oxidation sites excluding steroid dienone is 1. The quantitative estimate of drug-likeness (QED) is 0.634. The molecule has 0 bridgehead atoms. The highest BCUT2D eigenvalue weighted by Crippen LogP contribution is 2.43. The van der Waals surface area contributed by atoms with Crippen molar-refractivity contribution in [3.63, 3.8) is 0 Å². The average Bonchev–Trinajstić information content (AvgIpc) is 2.97. The summed E-state index contributed by atoms with van der Waals surface area (Å²) in [5.41, 5.74) is 2.48. The maximum Gasteiger partial charge on any atom is 0.232 e. The molecule has 1 saturated heterocycles. The Labute approximate surface area is 194 Å². The molecule has 1 fully saturated rings. The number of nitrogens with zero attached hydrogens (tertiary/aromatic N) is 1. The zero-order chi connectivity index (χ0) is 23.5. The van der Waals surface area contributed by atoms with Crippen LogP contribution in [-0.4, -0.2) is 50.2 Å². The number of phenols is 1. The third-order valence-electron chi connectivity index (χ3n) is 6.32. The lowest BCUT2D eigenvalue weighted by atomic mass is 9.99. The van der Waals surface area contributed by atoms with E-state index < -0.39 is 0 Å². The van der Waals surface area contributed by atoms with Crippen molar-refractivity contribution in [3.8, 4) is 28.7 Å². The monoisotopic (exact) mass is 453 g/mol. The van der Waals surface area contributed by atoms with E-state index in [-0.39, 0.29) is 17.3 Å². The molecule has 7 heteroatoms. The minimum absolute atomic E-state index is 0.160. The zero-order valence-electron chi connectivity index (χ0n) is 19.7. The predicted octanol–water partition coefficient (Wildman–Crippen LogP) is 4.72. The van der Waals surface area contributed by atoms with E-state index in [1.165, 1.54) is 12.8 Å². The van der Waals surface area contributed by atoms with Crippen molar-refractivity contribution in [2.45, 2.75) is 39.2 Å². The van der Waals surface area contributed by atoms with Gasteiger partial charge in [-0.1, -0.05) is 12.8 Å². The van der Waals surface area contributed by atoms with Crippen LogP contribution in [0.5, 0.6) is 28.7 Å². The molecule has 0 saturated carbocycles. The predicted molar refractivity (Wildman–Crippen MR) is 126 cm³/mol. The Balaban J connectivity index is 1.72. The summed E-state index contributed by atoms with van der Waals surface area (Å²) < 4.78 is 22.4. The van der Waals surface area contributed by atoms with Crippen LogP contribution in [0.1, 0.15) is 52.7 Å². The van der Waals surface area contributed by atoms with Gasteiger partial charge in [-0.2, -0.15) is 0 Å². The molecule has 0 radical (unpaired) electrons. The second-order valence-corrected chi connectivity index (χ2v) is 8.47. The number of methoxy groups -OCH3 is 3. The lowest BCUT2D eigenvalue weighted by Gasteiger charge is -2.22. The van der Waals surface area contributed by atoms with Gasteiger partial charge in [0.05, 0.1) is 32.5 Å². The lowest BCUT2D eigenvalue weighted by Crippen LogP contribution is -2.24.